The van der Waals surface area contributed by atoms with Gasteiger partial charge in [-0.1, -0.05) is 6.92 Å². The Morgan fingerprint density at radius 2 is 2.00 bits per heavy atom. The number of thioether (sulfide) groups is 1. The number of nitrogens with zero attached hydrogens (tertiary/aromatic N) is 2. The monoisotopic (exact) mass is 328 g/mol. The number of rotatable bonds is 6. The van der Waals surface area contributed by atoms with E-state index in [1.54, 1.807) is 0 Å². The van der Waals surface area contributed by atoms with Gasteiger partial charge in [-0.15, -0.1) is 0 Å². The molecule has 22 heavy (non-hydrogen) atoms. The molecule has 0 aromatic carbocycles. The maximum absolute atomic E-state index is 12.1. The third-order valence-electron chi connectivity index (χ3n) is 4.63. The van der Waals surface area contributed by atoms with E-state index in [0.717, 1.165) is 50.8 Å². The third-order valence-corrected chi connectivity index (χ3v) is 5.86. The molecular formula is C16H32N4OS. The molecule has 5 nitrogen and oxygen atoms in total. The van der Waals surface area contributed by atoms with Crippen molar-refractivity contribution in [2.24, 2.45) is 0 Å². The zero-order valence-electron chi connectivity index (χ0n) is 14.3. The Morgan fingerprint density at radius 1 is 1.27 bits per heavy atom. The van der Waals surface area contributed by atoms with Crippen LogP contribution in [0.2, 0.25) is 0 Å². The van der Waals surface area contributed by atoms with Crippen LogP contribution in [0.25, 0.3) is 0 Å². The van der Waals surface area contributed by atoms with Crippen molar-refractivity contribution in [3.8, 4) is 0 Å². The van der Waals surface area contributed by atoms with E-state index in [1.807, 2.05) is 11.8 Å². The van der Waals surface area contributed by atoms with Gasteiger partial charge in [0, 0.05) is 50.1 Å². The molecule has 1 saturated carbocycles. The van der Waals surface area contributed by atoms with E-state index in [2.05, 4.69) is 41.3 Å². The minimum Gasteiger partial charge on any atom is -0.335 e. The molecule has 6 heteroatoms. The molecule has 0 unspecified atom stereocenters. The summed E-state index contributed by atoms with van der Waals surface area (Å²) in [7, 11) is 2.16. The van der Waals surface area contributed by atoms with Gasteiger partial charge < -0.3 is 15.5 Å². The average molecular weight is 329 g/mol. The third kappa shape index (κ3) is 5.97. The first kappa shape index (κ1) is 17.9. The summed E-state index contributed by atoms with van der Waals surface area (Å²) in [5, 5.41) is 6.99. The first-order chi connectivity index (χ1) is 10.6. The van der Waals surface area contributed by atoms with E-state index in [9.17, 15) is 4.79 Å². The van der Waals surface area contributed by atoms with Crippen LogP contribution in [0.5, 0.6) is 0 Å². The SMILES string of the molecule is CCS[C@@H]1CC[C@@H](NC(=O)N[C@H](C)CN2CCN(C)CC2)C1. The van der Waals surface area contributed by atoms with Gasteiger partial charge in [-0.3, -0.25) is 4.90 Å². The van der Waals surface area contributed by atoms with E-state index in [-0.39, 0.29) is 12.1 Å². The molecule has 1 aliphatic carbocycles. The fourth-order valence-corrected chi connectivity index (χ4v) is 4.52. The zero-order chi connectivity index (χ0) is 15.9. The van der Waals surface area contributed by atoms with E-state index in [1.165, 1.54) is 12.2 Å². The number of piperazine rings is 1. The van der Waals surface area contributed by atoms with Gasteiger partial charge in [0.2, 0.25) is 0 Å². The van der Waals surface area contributed by atoms with Crippen LogP contribution in [0.1, 0.15) is 33.1 Å². The highest BCUT2D eigenvalue weighted by molar-refractivity contribution is 7.99. The molecule has 2 fully saturated rings. The Bertz CT molecular complexity index is 347. The second kappa shape index (κ2) is 8.99. The largest absolute Gasteiger partial charge is 0.335 e. The van der Waals surface area contributed by atoms with Gasteiger partial charge in [-0.25, -0.2) is 4.79 Å². The lowest BCUT2D eigenvalue weighted by Crippen LogP contribution is -2.52. The molecule has 1 saturated heterocycles. The van der Waals surface area contributed by atoms with Crippen LogP contribution in [0.3, 0.4) is 0 Å². The predicted molar refractivity (Wildman–Crippen MR) is 94.6 cm³/mol. The highest BCUT2D eigenvalue weighted by Gasteiger charge is 2.26. The van der Waals surface area contributed by atoms with Crippen LogP contribution < -0.4 is 10.6 Å². The van der Waals surface area contributed by atoms with Crippen molar-refractivity contribution < 1.29 is 4.79 Å². The Labute approximate surface area is 139 Å². The van der Waals surface area contributed by atoms with Crippen molar-refractivity contribution in [2.75, 3.05) is 45.5 Å². The lowest BCUT2D eigenvalue weighted by molar-refractivity contribution is 0.144. The molecule has 0 bridgehead atoms. The molecular weight excluding hydrogens is 296 g/mol. The first-order valence-corrected chi connectivity index (χ1v) is 9.71. The van der Waals surface area contributed by atoms with Gasteiger partial charge in [0.15, 0.2) is 0 Å². The van der Waals surface area contributed by atoms with Crippen molar-refractivity contribution >= 4 is 17.8 Å². The summed E-state index contributed by atoms with van der Waals surface area (Å²) < 4.78 is 0. The molecule has 0 spiro atoms. The number of nitrogens with one attached hydrogen (secondary N) is 2. The second-order valence-corrected chi connectivity index (χ2v) is 8.29. The van der Waals surface area contributed by atoms with Gasteiger partial charge >= 0.3 is 6.03 Å². The Hall–Kier alpha value is -0.460. The molecule has 1 aliphatic heterocycles. The number of likely N-dealkylation sites (N-methyl/N-ethyl adjacent to an activating group) is 1. The van der Waals surface area contributed by atoms with Gasteiger partial charge in [-0.2, -0.15) is 11.8 Å². The van der Waals surface area contributed by atoms with Crippen LogP contribution in [0, 0.1) is 0 Å². The summed E-state index contributed by atoms with van der Waals surface area (Å²) in [6.07, 6.45) is 3.48. The van der Waals surface area contributed by atoms with Crippen LogP contribution >= 0.6 is 11.8 Å². The van der Waals surface area contributed by atoms with Gasteiger partial charge in [0.1, 0.15) is 0 Å². The maximum Gasteiger partial charge on any atom is 0.315 e. The second-order valence-electron chi connectivity index (χ2n) is 6.71. The average Bonchev–Trinajstić information content (AvgIpc) is 2.88. The van der Waals surface area contributed by atoms with Crippen molar-refractivity contribution in [2.45, 2.75) is 50.4 Å². The Morgan fingerprint density at radius 3 is 2.68 bits per heavy atom. The lowest BCUT2D eigenvalue weighted by atomic mass is 10.2. The smallest absolute Gasteiger partial charge is 0.315 e. The predicted octanol–water partition coefficient (Wildman–Crippen LogP) is 1.60. The van der Waals surface area contributed by atoms with E-state index >= 15 is 0 Å². The first-order valence-electron chi connectivity index (χ1n) is 8.66. The van der Waals surface area contributed by atoms with Crippen LogP contribution in [-0.4, -0.2) is 78.7 Å². The molecule has 2 amide bonds. The number of amides is 2. The highest BCUT2D eigenvalue weighted by Crippen LogP contribution is 2.29. The standard InChI is InChI=1S/C16H32N4OS/c1-4-22-15-6-5-14(11-15)18-16(21)17-13(2)12-20-9-7-19(3)8-10-20/h13-15H,4-12H2,1-3H3,(H2,17,18,21)/t13-,14-,15-/m1/s1. The van der Waals surface area contributed by atoms with E-state index in [0.29, 0.717) is 6.04 Å². The maximum atomic E-state index is 12.1. The van der Waals surface area contributed by atoms with Gasteiger partial charge in [0.25, 0.3) is 0 Å². The van der Waals surface area contributed by atoms with Crippen LogP contribution in [0.4, 0.5) is 4.79 Å². The summed E-state index contributed by atoms with van der Waals surface area (Å²) in [5.74, 6) is 1.17. The minimum atomic E-state index is 0.00813. The molecule has 0 aromatic rings. The molecule has 1 heterocycles. The summed E-state index contributed by atoms with van der Waals surface area (Å²) in [4.78, 5) is 16.9. The number of hydrogen-bond acceptors (Lipinski definition) is 4. The molecule has 2 N–H and O–H groups in total. The number of urea groups is 1. The molecule has 128 valence electrons. The Balaban J connectivity index is 1.62. The van der Waals surface area contributed by atoms with Crippen molar-refractivity contribution in [3.63, 3.8) is 0 Å². The normalized spacial score (nSPS) is 28.5. The molecule has 0 radical (unpaired) electrons. The van der Waals surface area contributed by atoms with Gasteiger partial charge in [0.05, 0.1) is 0 Å². The van der Waals surface area contributed by atoms with Crippen molar-refractivity contribution in [1.82, 2.24) is 20.4 Å². The fraction of sp³-hybridized carbons (Fsp3) is 0.938. The number of carbonyl (C=O) groups is 1. The van der Waals surface area contributed by atoms with Crippen LogP contribution in [0.15, 0.2) is 0 Å². The number of hydrogen-bond donors (Lipinski definition) is 2. The summed E-state index contributed by atoms with van der Waals surface area (Å²) >= 11 is 2.02. The van der Waals surface area contributed by atoms with E-state index < -0.39 is 0 Å². The summed E-state index contributed by atoms with van der Waals surface area (Å²) in [5.41, 5.74) is 0. The van der Waals surface area contributed by atoms with E-state index in [4.69, 9.17) is 0 Å². The van der Waals surface area contributed by atoms with Crippen molar-refractivity contribution in [3.05, 3.63) is 0 Å². The molecule has 2 aliphatic rings. The van der Waals surface area contributed by atoms with Gasteiger partial charge in [-0.05, 0) is 39.0 Å². The minimum absolute atomic E-state index is 0.00813. The number of carbonyl (C=O) groups excluding carboxylic acids is 1. The fourth-order valence-electron chi connectivity index (χ4n) is 3.37. The summed E-state index contributed by atoms with van der Waals surface area (Å²) in [6.45, 7) is 9.70. The highest BCUT2D eigenvalue weighted by atomic mass is 32.2. The quantitative estimate of drug-likeness (QED) is 0.777. The summed E-state index contributed by atoms with van der Waals surface area (Å²) in [6, 6.07) is 0.569. The zero-order valence-corrected chi connectivity index (χ0v) is 15.1. The molecule has 0 aromatic heterocycles. The molecule has 3 atom stereocenters. The Kier molecular flexibility index (Phi) is 7.31. The topological polar surface area (TPSA) is 47.6 Å². The molecule has 2 rings (SSSR count). The lowest BCUT2D eigenvalue weighted by Gasteiger charge is -2.34. The van der Waals surface area contributed by atoms with Crippen molar-refractivity contribution in [1.29, 1.82) is 0 Å². The van der Waals surface area contributed by atoms with Crippen LogP contribution in [-0.2, 0) is 0 Å².